The molecule has 2 amide bonds. The Morgan fingerprint density at radius 1 is 1.43 bits per heavy atom. The number of rotatable bonds is 6. The van der Waals surface area contributed by atoms with Crippen LogP contribution in [0.2, 0.25) is 0 Å². The normalized spacial score (nSPS) is 18.1. The molecule has 0 spiro atoms. The molecule has 1 aliphatic rings. The maximum atomic E-state index is 12.0. The minimum Gasteiger partial charge on any atom is -0.480 e. The molecule has 0 unspecified atom stereocenters. The Morgan fingerprint density at radius 2 is 2.13 bits per heavy atom. The number of carboxylic acids is 1. The second-order valence-electron chi connectivity index (χ2n) is 5.15. The molecule has 1 aliphatic heterocycles. The molecule has 2 rings (SSSR count). The van der Waals surface area contributed by atoms with Crippen molar-refractivity contribution in [3.63, 3.8) is 0 Å². The van der Waals surface area contributed by atoms with Gasteiger partial charge in [-0.3, -0.25) is 19.7 Å². The van der Waals surface area contributed by atoms with Crippen LogP contribution in [0.1, 0.15) is 18.4 Å². The number of aliphatic carboxylic acids is 1. The number of nitro groups is 1. The number of nitrogens with zero attached hydrogens (tertiary/aromatic N) is 1. The molecule has 9 nitrogen and oxygen atoms in total. The van der Waals surface area contributed by atoms with Gasteiger partial charge in [0.15, 0.2) is 0 Å². The second-order valence-corrected chi connectivity index (χ2v) is 5.15. The van der Waals surface area contributed by atoms with E-state index in [0.29, 0.717) is 6.42 Å². The summed E-state index contributed by atoms with van der Waals surface area (Å²) >= 11 is 0. The summed E-state index contributed by atoms with van der Waals surface area (Å²) in [6.07, 6.45) is 0.279. The van der Waals surface area contributed by atoms with E-state index in [4.69, 9.17) is 0 Å². The van der Waals surface area contributed by atoms with Crippen molar-refractivity contribution in [1.82, 2.24) is 10.6 Å². The smallest absolute Gasteiger partial charge is 0.326 e. The predicted octanol–water partition coefficient (Wildman–Crippen LogP) is -0.0147. The van der Waals surface area contributed by atoms with Crippen LogP contribution in [0.4, 0.5) is 5.69 Å². The lowest BCUT2D eigenvalue weighted by molar-refractivity contribution is -0.385. The zero-order valence-electron chi connectivity index (χ0n) is 12.0. The second kappa shape index (κ2) is 6.86. The van der Waals surface area contributed by atoms with E-state index in [1.165, 1.54) is 18.2 Å². The van der Waals surface area contributed by atoms with Crippen molar-refractivity contribution in [3.05, 3.63) is 39.9 Å². The van der Waals surface area contributed by atoms with Crippen LogP contribution in [0, 0.1) is 10.1 Å². The molecule has 1 aromatic rings. The molecule has 9 heteroatoms. The maximum Gasteiger partial charge on any atom is 0.326 e. The van der Waals surface area contributed by atoms with Gasteiger partial charge in [0.25, 0.3) is 5.69 Å². The Morgan fingerprint density at radius 3 is 2.70 bits per heavy atom. The number of nitrogens with one attached hydrogen (secondary N) is 2. The van der Waals surface area contributed by atoms with Crippen molar-refractivity contribution in [2.45, 2.75) is 31.3 Å². The van der Waals surface area contributed by atoms with E-state index in [1.807, 2.05) is 0 Å². The summed E-state index contributed by atoms with van der Waals surface area (Å²) in [5, 5.41) is 25.0. The third kappa shape index (κ3) is 4.02. The van der Waals surface area contributed by atoms with Crippen LogP contribution in [0.15, 0.2) is 24.3 Å². The van der Waals surface area contributed by atoms with Crippen molar-refractivity contribution in [2.24, 2.45) is 0 Å². The Balaban J connectivity index is 2.11. The van der Waals surface area contributed by atoms with Gasteiger partial charge in [0, 0.05) is 24.5 Å². The highest BCUT2D eigenvalue weighted by Gasteiger charge is 2.31. The van der Waals surface area contributed by atoms with Gasteiger partial charge in [-0.25, -0.2) is 4.79 Å². The van der Waals surface area contributed by atoms with Gasteiger partial charge >= 0.3 is 5.97 Å². The van der Waals surface area contributed by atoms with E-state index < -0.39 is 28.9 Å². The van der Waals surface area contributed by atoms with Crippen molar-refractivity contribution < 1.29 is 24.4 Å². The van der Waals surface area contributed by atoms with Crippen LogP contribution in [-0.4, -0.2) is 39.9 Å². The van der Waals surface area contributed by atoms with Gasteiger partial charge in [0.05, 0.1) is 4.92 Å². The number of benzene rings is 1. The van der Waals surface area contributed by atoms with Crippen molar-refractivity contribution >= 4 is 23.5 Å². The molecule has 1 fully saturated rings. The first-order chi connectivity index (χ1) is 10.9. The number of carboxylic acid groups (broad SMARTS) is 1. The zero-order chi connectivity index (χ0) is 17.0. The number of hydrogen-bond acceptors (Lipinski definition) is 5. The Kier molecular flexibility index (Phi) is 4.89. The van der Waals surface area contributed by atoms with Crippen molar-refractivity contribution in [1.29, 1.82) is 0 Å². The van der Waals surface area contributed by atoms with E-state index in [0.717, 1.165) is 0 Å². The standard InChI is InChI=1S/C14H15N3O6/c18-12-6-5-9(15-12)13(19)16-10(14(20)21)7-8-3-1-2-4-11(8)17(22)23/h1-4,9-10H,5-7H2,(H,15,18)(H,16,19)(H,20,21)/t9-,10+/m1/s1. The monoisotopic (exact) mass is 321 g/mol. The topological polar surface area (TPSA) is 139 Å². The van der Waals surface area contributed by atoms with Gasteiger partial charge in [0.1, 0.15) is 12.1 Å². The molecule has 23 heavy (non-hydrogen) atoms. The highest BCUT2D eigenvalue weighted by molar-refractivity contribution is 5.92. The number of carbonyl (C=O) groups excluding carboxylic acids is 2. The van der Waals surface area contributed by atoms with Gasteiger partial charge in [-0.15, -0.1) is 0 Å². The molecular weight excluding hydrogens is 306 g/mol. The molecular formula is C14H15N3O6. The van der Waals surface area contributed by atoms with Crippen LogP contribution in [0.5, 0.6) is 0 Å². The quantitative estimate of drug-likeness (QED) is 0.497. The van der Waals surface area contributed by atoms with E-state index in [9.17, 15) is 29.6 Å². The first kappa shape index (κ1) is 16.4. The third-order valence-electron chi connectivity index (χ3n) is 3.54. The number of nitro benzene ring substituents is 1. The van der Waals surface area contributed by atoms with Gasteiger partial charge in [-0.2, -0.15) is 0 Å². The summed E-state index contributed by atoms with van der Waals surface area (Å²) in [4.78, 5) is 44.8. The average Bonchev–Trinajstić information content (AvgIpc) is 2.93. The lowest BCUT2D eigenvalue weighted by Crippen LogP contribution is -2.49. The molecule has 0 saturated carbocycles. The van der Waals surface area contributed by atoms with Crippen LogP contribution in [0.3, 0.4) is 0 Å². The first-order valence-electron chi connectivity index (χ1n) is 6.93. The van der Waals surface area contributed by atoms with Gasteiger partial charge in [-0.05, 0) is 6.42 Å². The minimum absolute atomic E-state index is 0.206. The molecule has 122 valence electrons. The van der Waals surface area contributed by atoms with E-state index >= 15 is 0 Å². The van der Waals surface area contributed by atoms with Crippen LogP contribution >= 0.6 is 0 Å². The number of hydrogen-bond donors (Lipinski definition) is 3. The largest absolute Gasteiger partial charge is 0.480 e. The van der Waals surface area contributed by atoms with Crippen LogP contribution in [-0.2, 0) is 20.8 Å². The molecule has 2 atom stereocenters. The fraction of sp³-hybridized carbons (Fsp3) is 0.357. The van der Waals surface area contributed by atoms with Crippen LogP contribution < -0.4 is 10.6 Å². The Hall–Kier alpha value is -2.97. The average molecular weight is 321 g/mol. The molecule has 0 radical (unpaired) electrons. The molecule has 0 aromatic heterocycles. The highest BCUT2D eigenvalue weighted by atomic mass is 16.6. The third-order valence-corrected chi connectivity index (χ3v) is 3.54. The summed E-state index contributed by atoms with van der Waals surface area (Å²) < 4.78 is 0. The Bertz CT molecular complexity index is 660. The predicted molar refractivity (Wildman–Crippen MR) is 77.5 cm³/mol. The maximum absolute atomic E-state index is 12.0. The fourth-order valence-corrected chi connectivity index (χ4v) is 2.36. The molecule has 1 saturated heterocycles. The Labute approximate surface area is 130 Å². The molecule has 0 bridgehead atoms. The molecule has 0 aliphatic carbocycles. The van der Waals surface area contributed by atoms with E-state index in [-0.39, 0.29) is 30.0 Å². The summed E-state index contributed by atoms with van der Waals surface area (Å²) in [6, 6.07) is 3.66. The summed E-state index contributed by atoms with van der Waals surface area (Å²) in [7, 11) is 0. The van der Waals surface area contributed by atoms with Gasteiger partial charge in [-0.1, -0.05) is 18.2 Å². The number of para-hydroxylation sites is 1. The molecule has 1 heterocycles. The van der Waals surface area contributed by atoms with E-state index in [2.05, 4.69) is 10.6 Å². The van der Waals surface area contributed by atoms with Gasteiger partial charge < -0.3 is 15.7 Å². The summed E-state index contributed by atoms with van der Waals surface area (Å²) in [6.45, 7) is 0. The molecule has 3 N–H and O–H groups in total. The highest BCUT2D eigenvalue weighted by Crippen LogP contribution is 2.19. The lowest BCUT2D eigenvalue weighted by atomic mass is 10.0. The molecule has 1 aromatic carbocycles. The minimum atomic E-state index is -1.32. The lowest BCUT2D eigenvalue weighted by Gasteiger charge is -2.17. The summed E-state index contributed by atoms with van der Waals surface area (Å²) in [5.41, 5.74) is 0.00262. The van der Waals surface area contributed by atoms with Crippen molar-refractivity contribution in [2.75, 3.05) is 0 Å². The zero-order valence-corrected chi connectivity index (χ0v) is 12.0. The fourth-order valence-electron chi connectivity index (χ4n) is 2.36. The number of carbonyl (C=O) groups is 3. The van der Waals surface area contributed by atoms with E-state index in [1.54, 1.807) is 6.07 Å². The SMILES string of the molecule is O=C1CC[C@H](C(=O)N[C@@H](Cc2ccccc2[N+](=O)[O-])C(=O)O)N1. The van der Waals surface area contributed by atoms with Crippen LogP contribution in [0.25, 0.3) is 0 Å². The first-order valence-corrected chi connectivity index (χ1v) is 6.93. The van der Waals surface area contributed by atoms with Crippen molar-refractivity contribution in [3.8, 4) is 0 Å². The van der Waals surface area contributed by atoms with Gasteiger partial charge in [0.2, 0.25) is 11.8 Å². The number of amides is 2. The summed E-state index contributed by atoms with van der Waals surface area (Å²) in [5.74, 6) is -2.18.